The van der Waals surface area contributed by atoms with E-state index in [0.29, 0.717) is 0 Å². The number of hydrogen-bond acceptors (Lipinski definition) is 5. The van der Waals surface area contributed by atoms with E-state index in [1.165, 1.54) is 65.8 Å². The van der Waals surface area contributed by atoms with E-state index < -0.39 is 0 Å². The first-order chi connectivity index (χ1) is 21.2. The molecule has 43 heavy (non-hydrogen) atoms. The van der Waals surface area contributed by atoms with Crippen LogP contribution in [0.1, 0.15) is 5.56 Å². The summed E-state index contributed by atoms with van der Waals surface area (Å²) in [5, 5.41) is 0. The Morgan fingerprint density at radius 1 is 0.581 bits per heavy atom. The summed E-state index contributed by atoms with van der Waals surface area (Å²) < 4.78 is 6.56. The van der Waals surface area contributed by atoms with E-state index in [9.17, 15) is 0 Å². The Balaban J connectivity index is 1.31. The Kier molecular flexibility index (Phi) is 4.88. The normalized spacial score (nSPS) is 14.5. The molecule has 0 spiro atoms. The van der Waals surface area contributed by atoms with Gasteiger partial charge in [-0.05, 0) is 83.6 Å². The summed E-state index contributed by atoms with van der Waals surface area (Å²) in [6.45, 7) is 2.24. The van der Waals surface area contributed by atoms with Gasteiger partial charge < -0.3 is 14.4 Å². The van der Waals surface area contributed by atoms with Gasteiger partial charge in [0.1, 0.15) is 11.5 Å². The van der Waals surface area contributed by atoms with Crippen LogP contribution in [0, 0.1) is 6.92 Å². The average Bonchev–Trinajstić information content (AvgIpc) is 3.04. The van der Waals surface area contributed by atoms with Crippen molar-refractivity contribution in [2.75, 3.05) is 9.71 Å². The van der Waals surface area contributed by atoms with Crippen LogP contribution in [0.5, 0.6) is 11.5 Å². The number of anilines is 5. The van der Waals surface area contributed by atoms with Gasteiger partial charge in [-0.25, -0.2) is 0 Å². The number of rotatable bonds is 1. The highest BCUT2D eigenvalue weighted by Gasteiger charge is 2.47. The van der Waals surface area contributed by atoms with Gasteiger partial charge in [-0.3, -0.25) is 0 Å². The molecule has 0 aliphatic carbocycles. The fraction of sp³-hybridized carbons (Fsp3) is 0.0270. The predicted octanol–water partition coefficient (Wildman–Crippen LogP) is 9.42. The van der Waals surface area contributed by atoms with Crippen molar-refractivity contribution in [1.82, 2.24) is 0 Å². The molecule has 0 fully saturated rings. The standard InChI is InChI=1S/C37H23BN2OS2/c1-22-18-25-24-20-35-31(41-30-14-6-8-16-33(30)43-35)21-28(24)40(23-10-3-2-4-11-23)38-26-12-9-17-34-37(26)39(29(19-22)36(25)38)27-13-5-7-15-32(27)42-34/h2-21H,1H3. The first-order valence-corrected chi connectivity index (χ1v) is 16.2. The van der Waals surface area contributed by atoms with Crippen LogP contribution in [0.2, 0.25) is 0 Å². The van der Waals surface area contributed by atoms with Crippen molar-refractivity contribution >= 4 is 69.7 Å². The molecule has 0 saturated carbocycles. The SMILES string of the molecule is Cc1cc2c3c(c1)N1c4ccccc4Sc4cccc(c41)B3N(c1ccccc1)c1cc3c(cc1-2)Sc1ccccc1O3. The lowest BCUT2D eigenvalue weighted by atomic mass is 9.43. The average molecular weight is 587 g/mol. The number of hydrogen-bond donors (Lipinski definition) is 0. The van der Waals surface area contributed by atoms with Crippen LogP contribution in [-0.4, -0.2) is 6.85 Å². The molecule has 4 aliphatic heterocycles. The van der Waals surface area contributed by atoms with E-state index in [-0.39, 0.29) is 6.85 Å². The number of nitrogens with zero attached hydrogens (tertiary/aromatic N) is 2. The van der Waals surface area contributed by atoms with E-state index in [0.717, 1.165) is 21.3 Å². The van der Waals surface area contributed by atoms with Crippen LogP contribution in [0.4, 0.5) is 28.4 Å². The summed E-state index contributed by atoms with van der Waals surface area (Å²) in [7, 11) is 0. The van der Waals surface area contributed by atoms with Crippen molar-refractivity contribution in [2.45, 2.75) is 26.5 Å². The topological polar surface area (TPSA) is 15.7 Å². The lowest BCUT2D eigenvalue weighted by Gasteiger charge is -2.47. The third-order valence-corrected chi connectivity index (χ3v) is 11.1. The third kappa shape index (κ3) is 3.31. The van der Waals surface area contributed by atoms with Crippen molar-refractivity contribution in [3.05, 3.63) is 127 Å². The van der Waals surface area contributed by atoms with Gasteiger partial charge >= 0.3 is 6.85 Å². The van der Waals surface area contributed by atoms with Crippen LogP contribution in [0.25, 0.3) is 11.1 Å². The lowest BCUT2D eigenvalue weighted by Crippen LogP contribution is -2.62. The molecule has 0 aromatic heterocycles. The Morgan fingerprint density at radius 2 is 1.35 bits per heavy atom. The van der Waals surface area contributed by atoms with Crippen LogP contribution in [0.15, 0.2) is 141 Å². The number of benzene rings is 6. The van der Waals surface area contributed by atoms with E-state index in [1.54, 1.807) is 11.8 Å². The van der Waals surface area contributed by atoms with E-state index in [4.69, 9.17) is 4.74 Å². The zero-order valence-electron chi connectivity index (χ0n) is 23.2. The molecule has 4 heterocycles. The highest BCUT2D eigenvalue weighted by molar-refractivity contribution is 8.00. The largest absolute Gasteiger partial charge is 0.455 e. The number of fused-ring (bicyclic) bond motifs is 8. The van der Waals surface area contributed by atoms with E-state index in [2.05, 4.69) is 132 Å². The smallest absolute Gasteiger partial charge is 0.333 e. The van der Waals surface area contributed by atoms with Crippen LogP contribution in [-0.2, 0) is 0 Å². The molecular weight excluding hydrogens is 563 g/mol. The van der Waals surface area contributed by atoms with Crippen LogP contribution in [0.3, 0.4) is 0 Å². The number of para-hydroxylation sites is 4. The fourth-order valence-corrected chi connectivity index (χ4v) is 9.26. The van der Waals surface area contributed by atoms with E-state index in [1.807, 2.05) is 17.8 Å². The fourth-order valence-electron chi connectivity index (χ4n) is 7.19. The van der Waals surface area contributed by atoms with Crippen molar-refractivity contribution in [2.24, 2.45) is 0 Å². The molecule has 6 aromatic rings. The second-order valence-corrected chi connectivity index (χ2v) is 13.6. The quantitative estimate of drug-likeness (QED) is 0.178. The zero-order chi connectivity index (χ0) is 28.2. The van der Waals surface area contributed by atoms with Crippen LogP contribution < -0.4 is 25.4 Å². The minimum Gasteiger partial charge on any atom is -0.455 e. The Morgan fingerprint density at radius 3 is 2.26 bits per heavy atom. The van der Waals surface area contributed by atoms with Gasteiger partial charge in [-0.1, -0.05) is 84.2 Å². The second-order valence-electron chi connectivity index (χ2n) is 11.4. The molecule has 3 nitrogen and oxygen atoms in total. The van der Waals surface area contributed by atoms with E-state index >= 15 is 0 Å². The molecule has 202 valence electrons. The van der Waals surface area contributed by atoms with Gasteiger partial charge in [0.25, 0.3) is 0 Å². The molecule has 4 aliphatic rings. The van der Waals surface area contributed by atoms with Gasteiger partial charge in [-0.2, -0.15) is 0 Å². The Bertz CT molecular complexity index is 2170. The Labute approximate surface area is 259 Å². The molecule has 0 N–H and O–H groups in total. The molecule has 6 heteroatoms. The summed E-state index contributed by atoms with van der Waals surface area (Å²) in [4.78, 5) is 9.96. The highest BCUT2D eigenvalue weighted by atomic mass is 32.2. The van der Waals surface area contributed by atoms with Crippen molar-refractivity contribution < 1.29 is 4.74 Å². The first-order valence-electron chi connectivity index (χ1n) is 14.5. The monoisotopic (exact) mass is 586 g/mol. The molecule has 0 bridgehead atoms. The summed E-state index contributed by atoms with van der Waals surface area (Å²) in [6.07, 6.45) is 0. The number of aryl methyl sites for hydroxylation is 1. The third-order valence-electron chi connectivity index (χ3n) is 8.88. The van der Waals surface area contributed by atoms with Gasteiger partial charge in [0, 0.05) is 38.5 Å². The van der Waals surface area contributed by atoms with Crippen molar-refractivity contribution in [1.29, 1.82) is 0 Å². The first kappa shape index (κ1) is 24.0. The maximum absolute atomic E-state index is 6.56. The minimum absolute atomic E-state index is 0.0131. The molecule has 0 atom stereocenters. The van der Waals surface area contributed by atoms with Crippen molar-refractivity contribution in [3.63, 3.8) is 0 Å². The molecular formula is C37H23BN2OS2. The lowest BCUT2D eigenvalue weighted by molar-refractivity contribution is 0.455. The molecule has 0 unspecified atom stereocenters. The van der Waals surface area contributed by atoms with Crippen LogP contribution >= 0.6 is 23.5 Å². The summed E-state index contributed by atoms with van der Waals surface area (Å²) in [5.74, 6) is 1.83. The predicted molar refractivity (Wildman–Crippen MR) is 180 cm³/mol. The summed E-state index contributed by atoms with van der Waals surface area (Å²) in [6, 6.07) is 44.3. The van der Waals surface area contributed by atoms with Gasteiger partial charge in [0.15, 0.2) is 0 Å². The molecule has 0 saturated heterocycles. The maximum atomic E-state index is 6.56. The number of ether oxygens (including phenoxy) is 1. The maximum Gasteiger partial charge on any atom is 0.333 e. The van der Waals surface area contributed by atoms with Gasteiger partial charge in [0.2, 0.25) is 0 Å². The van der Waals surface area contributed by atoms with Crippen molar-refractivity contribution in [3.8, 4) is 22.6 Å². The second kappa shape index (κ2) is 8.76. The molecule has 0 amide bonds. The summed E-state index contributed by atoms with van der Waals surface area (Å²) >= 11 is 3.67. The Hall–Kier alpha value is -4.52. The minimum atomic E-state index is 0.0131. The summed E-state index contributed by atoms with van der Waals surface area (Å²) in [5.41, 5.74) is 12.6. The van der Waals surface area contributed by atoms with Gasteiger partial charge in [0.05, 0.1) is 21.2 Å². The molecule has 6 aromatic carbocycles. The zero-order valence-corrected chi connectivity index (χ0v) is 24.9. The highest BCUT2D eigenvalue weighted by Crippen LogP contribution is 2.56. The van der Waals surface area contributed by atoms with Gasteiger partial charge in [-0.15, -0.1) is 0 Å². The molecule has 10 rings (SSSR count). The molecule has 0 radical (unpaired) electrons.